The molecule has 0 aliphatic carbocycles. The first kappa shape index (κ1) is 15.1. The Morgan fingerprint density at radius 1 is 1.25 bits per heavy atom. The van der Waals surface area contributed by atoms with Crippen LogP contribution >= 0.6 is 15.9 Å². The van der Waals surface area contributed by atoms with Crippen molar-refractivity contribution in [3.05, 3.63) is 32.7 Å². The Bertz CT molecular complexity index is 718. The molecule has 1 aromatic carbocycles. The third kappa shape index (κ3) is 2.62. The van der Waals surface area contributed by atoms with Crippen LogP contribution in [0.1, 0.15) is 18.1 Å². The number of rotatable bonds is 2. The molecule has 0 saturated heterocycles. The molecule has 110 valence electrons. The number of imidazole rings is 1. The van der Waals surface area contributed by atoms with Crippen molar-refractivity contribution in [3.8, 4) is 0 Å². The van der Waals surface area contributed by atoms with E-state index in [1.54, 1.807) is 7.05 Å². The molecule has 0 aliphatic heterocycles. The minimum Gasteiger partial charge on any atom is -0.388 e. The molecule has 0 radical (unpaired) electrons. The number of aliphatic hydroxyl groups is 1. The zero-order valence-corrected chi connectivity index (χ0v) is 12.3. The van der Waals surface area contributed by atoms with Gasteiger partial charge in [-0.3, -0.25) is 9.13 Å². The Kier molecular flexibility index (Phi) is 3.72. The molecule has 0 saturated carbocycles. The molecule has 0 spiro atoms. The molecule has 8 heteroatoms. The van der Waals surface area contributed by atoms with Crippen LogP contribution in [0.25, 0.3) is 11.0 Å². The summed E-state index contributed by atoms with van der Waals surface area (Å²) < 4.78 is 40.1. The summed E-state index contributed by atoms with van der Waals surface area (Å²) in [7, 11) is 3.10. The third-order valence-corrected chi connectivity index (χ3v) is 3.86. The van der Waals surface area contributed by atoms with Crippen molar-refractivity contribution in [1.82, 2.24) is 9.13 Å². The minimum atomic E-state index is -4.46. The van der Waals surface area contributed by atoms with E-state index in [1.165, 1.54) is 28.3 Å². The Labute approximate surface area is 120 Å². The second kappa shape index (κ2) is 4.92. The number of aryl methyl sites for hydroxylation is 2. The van der Waals surface area contributed by atoms with Crippen LogP contribution in [0.4, 0.5) is 13.2 Å². The molecule has 2 aromatic rings. The first-order valence-electron chi connectivity index (χ1n) is 5.71. The van der Waals surface area contributed by atoms with Gasteiger partial charge in [-0.05, 0) is 17.7 Å². The summed E-state index contributed by atoms with van der Waals surface area (Å²) in [4.78, 5) is 11.8. The van der Waals surface area contributed by atoms with Crippen molar-refractivity contribution in [1.29, 1.82) is 0 Å². The molecule has 4 nitrogen and oxygen atoms in total. The molecule has 1 heterocycles. The molecule has 2 rings (SSSR count). The number of aromatic nitrogens is 2. The minimum absolute atomic E-state index is 0.107. The summed E-state index contributed by atoms with van der Waals surface area (Å²) in [6.45, 7) is 0. The summed E-state index contributed by atoms with van der Waals surface area (Å²) in [5, 5.41) is 9.72. The summed E-state index contributed by atoms with van der Waals surface area (Å²) in [6, 6.07) is 2.93. The van der Waals surface area contributed by atoms with Gasteiger partial charge in [0.2, 0.25) is 0 Å². The SMILES string of the molecule is Cn1c(=O)n(C)c2cc(C(O)CC(F)(F)F)c(Br)cc21. The van der Waals surface area contributed by atoms with Crippen LogP contribution in [0.3, 0.4) is 0 Å². The highest BCUT2D eigenvalue weighted by Gasteiger charge is 2.32. The van der Waals surface area contributed by atoms with E-state index in [4.69, 9.17) is 0 Å². The summed E-state index contributed by atoms with van der Waals surface area (Å²) in [5.74, 6) is 0. The number of hydrogen-bond donors (Lipinski definition) is 1. The maximum Gasteiger partial charge on any atom is 0.391 e. The van der Waals surface area contributed by atoms with Crippen LogP contribution in [0, 0.1) is 0 Å². The van der Waals surface area contributed by atoms with Gasteiger partial charge in [-0.15, -0.1) is 0 Å². The molecule has 0 fully saturated rings. The number of halogens is 4. The van der Waals surface area contributed by atoms with Gasteiger partial charge in [-0.25, -0.2) is 4.79 Å². The van der Waals surface area contributed by atoms with Crippen LogP contribution in [0.2, 0.25) is 0 Å². The van der Waals surface area contributed by atoms with E-state index in [-0.39, 0.29) is 11.3 Å². The predicted molar refractivity (Wildman–Crippen MR) is 71.5 cm³/mol. The molecule has 0 amide bonds. The van der Waals surface area contributed by atoms with E-state index in [9.17, 15) is 23.1 Å². The molecule has 1 aromatic heterocycles. The average molecular weight is 353 g/mol. The van der Waals surface area contributed by atoms with Gasteiger partial charge in [0.1, 0.15) is 0 Å². The van der Waals surface area contributed by atoms with Gasteiger partial charge in [0.05, 0.1) is 23.6 Å². The fraction of sp³-hybridized carbons (Fsp3) is 0.417. The Morgan fingerprint density at radius 2 is 1.75 bits per heavy atom. The zero-order chi connectivity index (χ0) is 15.2. The maximum atomic E-state index is 12.4. The van der Waals surface area contributed by atoms with Crippen LogP contribution in [0.5, 0.6) is 0 Å². The largest absolute Gasteiger partial charge is 0.391 e. The highest BCUT2D eigenvalue weighted by molar-refractivity contribution is 9.10. The Balaban J connectivity index is 2.59. The molecule has 1 atom stereocenters. The van der Waals surface area contributed by atoms with E-state index in [0.717, 1.165) is 0 Å². The van der Waals surface area contributed by atoms with Crippen LogP contribution in [-0.4, -0.2) is 20.4 Å². The second-order valence-corrected chi connectivity index (χ2v) is 5.45. The Morgan fingerprint density at radius 3 is 2.25 bits per heavy atom. The van der Waals surface area contributed by atoms with Gasteiger partial charge in [-0.1, -0.05) is 15.9 Å². The topological polar surface area (TPSA) is 47.2 Å². The number of aliphatic hydroxyl groups excluding tert-OH is 1. The lowest BCUT2D eigenvalue weighted by Crippen LogP contribution is -2.19. The van der Waals surface area contributed by atoms with Gasteiger partial charge in [0.25, 0.3) is 0 Å². The molecular formula is C12H12BrF3N2O2. The van der Waals surface area contributed by atoms with Crippen molar-refractivity contribution in [2.24, 2.45) is 14.1 Å². The normalized spacial score (nSPS) is 13.9. The van der Waals surface area contributed by atoms with Gasteiger partial charge in [-0.2, -0.15) is 13.2 Å². The van der Waals surface area contributed by atoms with Gasteiger partial charge >= 0.3 is 11.9 Å². The lowest BCUT2D eigenvalue weighted by Gasteiger charge is -2.15. The van der Waals surface area contributed by atoms with Crippen LogP contribution < -0.4 is 5.69 Å². The highest BCUT2D eigenvalue weighted by atomic mass is 79.9. The predicted octanol–water partition coefficient (Wildman–Crippen LogP) is 2.63. The maximum absolute atomic E-state index is 12.4. The van der Waals surface area contributed by atoms with Gasteiger partial charge < -0.3 is 5.11 Å². The van der Waals surface area contributed by atoms with E-state index in [1.807, 2.05) is 0 Å². The van der Waals surface area contributed by atoms with Gasteiger partial charge in [0, 0.05) is 18.6 Å². The van der Waals surface area contributed by atoms with Crippen molar-refractivity contribution >= 4 is 27.0 Å². The summed E-state index contributed by atoms with van der Waals surface area (Å²) >= 11 is 3.14. The molecule has 0 bridgehead atoms. The first-order chi connectivity index (χ1) is 9.11. The zero-order valence-electron chi connectivity index (χ0n) is 10.7. The summed E-state index contributed by atoms with van der Waals surface area (Å²) in [6.07, 6.45) is -7.47. The first-order valence-corrected chi connectivity index (χ1v) is 6.51. The second-order valence-electron chi connectivity index (χ2n) is 4.60. The quantitative estimate of drug-likeness (QED) is 0.902. The van der Waals surface area contributed by atoms with Crippen LogP contribution in [0.15, 0.2) is 21.4 Å². The van der Waals surface area contributed by atoms with Gasteiger partial charge in [0.15, 0.2) is 0 Å². The van der Waals surface area contributed by atoms with E-state index < -0.39 is 18.7 Å². The lowest BCUT2D eigenvalue weighted by atomic mass is 10.1. The fourth-order valence-corrected chi connectivity index (χ4v) is 2.72. The Hall–Kier alpha value is -1.28. The number of fused-ring (bicyclic) bond motifs is 1. The van der Waals surface area contributed by atoms with E-state index >= 15 is 0 Å². The van der Waals surface area contributed by atoms with E-state index in [0.29, 0.717) is 15.5 Å². The molecular weight excluding hydrogens is 341 g/mol. The smallest absolute Gasteiger partial charge is 0.388 e. The van der Waals surface area contributed by atoms with Crippen molar-refractivity contribution in [2.75, 3.05) is 0 Å². The molecule has 20 heavy (non-hydrogen) atoms. The molecule has 0 aliphatic rings. The number of benzene rings is 1. The van der Waals surface area contributed by atoms with E-state index in [2.05, 4.69) is 15.9 Å². The monoisotopic (exact) mass is 352 g/mol. The van der Waals surface area contributed by atoms with Crippen LogP contribution in [-0.2, 0) is 14.1 Å². The number of nitrogens with zero attached hydrogens (tertiary/aromatic N) is 2. The number of hydrogen-bond acceptors (Lipinski definition) is 2. The van der Waals surface area contributed by atoms with Crippen molar-refractivity contribution in [3.63, 3.8) is 0 Å². The highest BCUT2D eigenvalue weighted by Crippen LogP contribution is 2.34. The fourth-order valence-electron chi connectivity index (χ4n) is 2.12. The van der Waals surface area contributed by atoms with Crippen molar-refractivity contribution < 1.29 is 18.3 Å². The third-order valence-electron chi connectivity index (χ3n) is 3.17. The average Bonchev–Trinajstić information content (AvgIpc) is 2.51. The molecule has 1 N–H and O–H groups in total. The summed E-state index contributed by atoms with van der Waals surface area (Å²) in [5.41, 5.74) is 0.870. The lowest BCUT2D eigenvalue weighted by molar-refractivity contribution is -0.154. The number of alkyl halides is 3. The standard InChI is InChI=1S/C12H12BrF3N2O2/c1-17-8-3-6(10(19)5-12(14,15)16)7(13)4-9(8)18(2)11(17)20/h3-4,10,19H,5H2,1-2H3. The molecule has 1 unspecified atom stereocenters. The van der Waals surface area contributed by atoms with Crippen molar-refractivity contribution in [2.45, 2.75) is 18.7 Å².